The first-order chi connectivity index (χ1) is 15.9. The molecule has 0 spiro atoms. The van der Waals surface area contributed by atoms with E-state index in [0.717, 1.165) is 0 Å². The molecule has 0 aliphatic heterocycles. The zero-order valence-electron chi connectivity index (χ0n) is 18.3. The SMILES string of the molecule is CC[C@@H](CO)Nc1ncc2nc(Nc3c(F)cccc3Cl)n([C@H]3CC[C@H](C(N)=O)CC3)c2n1. The minimum atomic E-state index is -0.499. The zero-order valence-corrected chi connectivity index (χ0v) is 19.0. The highest BCUT2D eigenvalue weighted by Crippen LogP contribution is 2.38. The minimum Gasteiger partial charge on any atom is -0.394 e. The van der Waals surface area contributed by atoms with E-state index in [-0.39, 0.29) is 41.2 Å². The highest BCUT2D eigenvalue weighted by molar-refractivity contribution is 6.33. The van der Waals surface area contributed by atoms with Crippen LogP contribution in [0.1, 0.15) is 45.1 Å². The molecular formula is C22H27ClFN7O2. The lowest BCUT2D eigenvalue weighted by molar-refractivity contribution is -0.122. The number of carbonyl (C=O) groups is 1. The predicted octanol–water partition coefficient (Wildman–Crippen LogP) is 3.76. The summed E-state index contributed by atoms with van der Waals surface area (Å²) < 4.78 is 16.4. The Hall–Kier alpha value is -2.98. The summed E-state index contributed by atoms with van der Waals surface area (Å²) in [4.78, 5) is 25.2. The number of nitrogens with zero attached hydrogens (tertiary/aromatic N) is 4. The van der Waals surface area contributed by atoms with Crippen LogP contribution in [0.4, 0.5) is 22.0 Å². The maximum Gasteiger partial charge on any atom is 0.225 e. The molecule has 1 aromatic carbocycles. The molecule has 0 radical (unpaired) electrons. The number of hydrogen-bond acceptors (Lipinski definition) is 7. The van der Waals surface area contributed by atoms with Crippen molar-refractivity contribution in [1.29, 1.82) is 0 Å². The van der Waals surface area contributed by atoms with Crippen molar-refractivity contribution in [3.8, 4) is 0 Å². The first kappa shape index (κ1) is 23.2. The van der Waals surface area contributed by atoms with Crippen LogP contribution in [0.15, 0.2) is 24.4 Å². The molecule has 1 aliphatic rings. The van der Waals surface area contributed by atoms with Gasteiger partial charge in [0.25, 0.3) is 0 Å². The van der Waals surface area contributed by atoms with Crippen LogP contribution in [0.2, 0.25) is 5.02 Å². The molecule has 5 N–H and O–H groups in total. The third-order valence-electron chi connectivity index (χ3n) is 6.14. The molecule has 2 heterocycles. The number of hydrogen-bond donors (Lipinski definition) is 4. The van der Waals surface area contributed by atoms with E-state index in [0.29, 0.717) is 55.2 Å². The Morgan fingerprint density at radius 3 is 2.73 bits per heavy atom. The molecule has 1 atom stereocenters. The van der Waals surface area contributed by atoms with Gasteiger partial charge in [-0.15, -0.1) is 0 Å². The molecule has 176 valence electrons. The summed E-state index contributed by atoms with van der Waals surface area (Å²) in [7, 11) is 0. The van der Waals surface area contributed by atoms with Crippen molar-refractivity contribution in [3.63, 3.8) is 0 Å². The minimum absolute atomic E-state index is 0.0267. The Bertz CT molecular complexity index is 1120. The fourth-order valence-electron chi connectivity index (χ4n) is 4.20. The fraction of sp³-hybridized carbons (Fsp3) is 0.455. The third-order valence-corrected chi connectivity index (χ3v) is 6.46. The number of rotatable bonds is 8. The number of aliphatic hydroxyl groups excluding tert-OH is 1. The predicted molar refractivity (Wildman–Crippen MR) is 125 cm³/mol. The lowest BCUT2D eigenvalue weighted by Gasteiger charge is -2.29. The van der Waals surface area contributed by atoms with E-state index in [1.807, 2.05) is 11.5 Å². The number of amides is 1. The standard InChI is InChI=1S/C22H27ClFN7O2/c1-2-13(11-32)27-21-26-10-17-20(30-21)31(14-8-6-12(7-9-14)19(25)33)22(28-17)29-18-15(23)4-3-5-16(18)24/h3-5,10,12-14,32H,2,6-9,11H2,1H3,(H2,25,33)(H,28,29)(H,26,27,30)/t12-,13-,14-/m0/s1. The lowest BCUT2D eigenvalue weighted by atomic mass is 9.85. The van der Waals surface area contributed by atoms with E-state index in [1.54, 1.807) is 12.3 Å². The molecule has 4 rings (SSSR count). The summed E-state index contributed by atoms with van der Waals surface area (Å²) in [6, 6.07) is 4.24. The van der Waals surface area contributed by atoms with Gasteiger partial charge in [-0.1, -0.05) is 24.6 Å². The molecule has 3 aromatic rings. The number of carbonyl (C=O) groups excluding carboxylic acids is 1. The highest BCUT2D eigenvalue weighted by atomic mass is 35.5. The summed E-state index contributed by atoms with van der Waals surface area (Å²) in [5.41, 5.74) is 6.73. The van der Waals surface area contributed by atoms with Gasteiger partial charge in [-0.2, -0.15) is 4.98 Å². The number of primary amides is 1. The van der Waals surface area contributed by atoms with Crippen molar-refractivity contribution in [1.82, 2.24) is 19.5 Å². The third kappa shape index (κ3) is 4.86. The number of fused-ring (bicyclic) bond motifs is 1. The number of para-hydroxylation sites is 1. The van der Waals surface area contributed by atoms with Gasteiger partial charge >= 0.3 is 0 Å². The summed E-state index contributed by atoms with van der Waals surface area (Å²) in [6.07, 6.45) is 4.98. The summed E-state index contributed by atoms with van der Waals surface area (Å²) in [6.45, 7) is 1.90. The molecule has 1 saturated carbocycles. The molecule has 1 amide bonds. The van der Waals surface area contributed by atoms with Crippen molar-refractivity contribution < 1.29 is 14.3 Å². The Morgan fingerprint density at radius 1 is 1.33 bits per heavy atom. The average Bonchev–Trinajstić information content (AvgIpc) is 3.17. The van der Waals surface area contributed by atoms with E-state index in [1.165, 1.54) is 12.1 Å². The number of aromatic nitrogens is 4. The Morgan fingerprint density at radius 2 is 2.09 bits per heavy atom. The molecular weight excluding hydrogens is 449 g/mol. The normalized spacial score (nSPS) is 19.4. The van der Waals surface area contributed by atoms with Gasteiger partial charge in [0, 0.05) is 12.0 Å². The van der Waals surface area contributed by atoms with Crippen molar-refractivity contribution in [2.75, 3.05) is 17.2 Å². The van der Waals surface area contributed by atoms with E-state index in [4.69, 9.17) is 17.3 Å². The van der Waals surface area contributed by atoms with Crippen molar-refractivity contribution >= 4 is 46.3 Å². The van der Waals surface area contributed by atoms with Gasteiger partial charge in [-0.25, -0.2) is 14.4 Å². The number of imidazole rings is 1. The maximum absolute atomic E-state index is 14.5. The highest BCUT2D eigenvalue weighted by Gasteiger charge is 2.29. The average molecular weight is 476 g/mol. The zero-order chi connectivity index (χ0) is 23.5. The fourth-order valence-corrected chi connectivity index (χ4v) is 4.41. The van der Waals surface area contributed by atoms with Crippen LogP contribution in [0.25, 0.3) is 11.2 Å². The van der Waals surface area contributed by atoms with Crippen LogP contribution in [0, 0.1) is 11.7 Å². The molecule has 0 unspecified atom stereocenters. The van der Waals surface area contributed by atoms with Crippen LogP contribution in [0.5, 0.6) is 0 Å². The Balaban J connectivity index is 1.76. The Labute approximate surface area is 195 Å². The van der Waals surface area contributed by atoms with Gasteiger partial charge in [0.2, 0.25) is 17.8 Å². The smallest absolute Gasteiger partial charge is 0.225 e. The second-order valence-corrected chi connectivity index (χ2v) is 8.68. The van der Waals surface area contributed by atoms with Crippen LogP contribution >= 0.6 is 11.6 Å². The number of nitrogens with two attached hydrogens (primary N) is 1. The van der Waals surface area contributed by atoms with Crippen LogP contribution in [0.3, 0.4) is 0 Å². The number of nitrogens with one attached hydrogen (secondary N) is 2. The second-order valence-electron chi connectivity index (χ2n) is 8.27. The maximum atomic E-state index is 14.5. The van der Waals surface area contributed by atoms with Crippen LogP contribution in [-0.4, -0.2) is 43.2 Å². The first-order valence-electron chi connectivity index (χ1n) is 11.0. The monoisotopic (exact) mass is 475 g/mol. The molecule has 0 saturated heterocycles. The topological polar surface area (TPSA) is 131 Å². The van der Waals surface area contributed by atoms with Crippen molar-refractivity contribution in [2.45, 2.75) is 51.1 Å². The molecule has 0 bridgehead atoms. The Kier molecular flexibility index (Phi) is 6.94. The number of aliphatic hydroxyl groups is 1. The molecule has 2 aromatic heterocycles. The second kappa shape index (κ2) is 9.88. The summed E-state index contributed by atoms with van der Waals surface area (Å²) in [5, 5.41) is 15.9. The van der Waals surface area contributed by atoms with Gasteiger partial charge in [-0.05, 0) is 44.2 Å². The van der Waals surface area contributed by atoms with Gasteiger partial charge in [-0.3, -0.25) is 9.36 Å². The van der Waals surface area contributed by atoms with Gasteiger partial charge in [0.05, 0.1) is 29.6 Å². The van der Waals surface area contributed by atoms with Gasteiger partial charge < -0.3 is 21.5 Å². The van der Waals surface area contributed by atoms with Crippen molar-refractivity contribution in [3.05, 3.63) is 35.2 Å². The molecule has 1 fully saturated rings. The molecule has 33 heavy (non-hydrogen) atoms. The van der Waals surface area contributed by atoms with Crippen LogP contribution < -0.4 is 16.4 Å². The number of halogens is 2. The van der Waals surface area contributed by atoms with Crippen molar-refractivity contribution in [2.24, 2.45) is 11.7 Å². The lowest BCUT2D eigenvalue weighted by Crippen LogP contribution is -2.29. The first-order valence-corrected chi connectivity index (χ1v) is 11.4. The number of anilines is 3. The van der Waals surface area contributed by atoms with E-state index in [9.17, 15) is 14.3 Å². The summed E-state index contributed by atoms with van der Waals surface area (Å²) >= 11 is 6.23. The van der Waals surface area contributed by atoms with Crippen LogP contribution in [-0.2, 0) is 4.79 Å². The quantitative estimate of drug-likeness (QED) is 0.390. The van der Waals surface area contributed by atoms with E-state index < -0.39 is 5.82 Å². The molecule has 9 nitrogen and oxygen atoms in total. The van der Waals surface area contributed by atoms with E-state index >= 15 is 0 Å². The molecule has 1 aliphatic carbocycles. The van der Waals surface area contributed by atoms with Gasteiger partial charge in [0.15, 0.2) is 5.65 Å². The number of benzene rings is 1. The molecule has 11 heteroatoms. The summed E-state index contributed by atoms with van der Waals surface area (Å²) in [5.74, 6) is -0.189. The van der Waals surface area contributed by atoms with Gasteiger partial charge in [0.1, 0.15) is 11.3 Å². The van der Waals surface area contributed by atoms with E-state index in [2.05, 4.69) is 25.6 Å². The largest absolute Gasteiger partial charge is 0.394 e.